The van der Waals surface area contributed by atoms with E-state index in [1.54, 1.807) is 0 Å². The molecule has 1 amide bonds. The quantitative estimate of drug-likeness (QED) is 0.898. The highest BCUT2D eigenvalue weighted by Gasteiger charge is 2.42. The second-order valence-corrected chi connectivity index (χ2v) is 5.91. The third-order valence-corrected chi connectivity index (χ3v) is 4.12. The molecule has 122 valence electrons. The van der Waals surface area contributed by atoms with E-state index in [1.807, 2.05) is 30.3 Å². The first-order valence-corrected chi connectivity index (χ1v) is 7.53. The molecular formula is C16H21F3N2O. The van der Waals surface area contributed by atoms with Gasteiger partial charge < -0.3 is 11.1 Å². The molecule has 3 N–H and O–H groups in total. The Morgan fingerprint density at radius 2 is 1.95 bits per heavy atom. The van der Waals surface area contributed by atoms with Crippen LogP contribution in [0.5, 0.6) is 0 Å². The van der Waals surface area contributed by atoms with Gasteiger partial charge in [0.05, 0.1) is 12.0 Å². The predicted octanol–water partition coefficient (Wildman–Crippen LogP) is 2.79. The predicted molar refractivity (Wildman–Crippen MR) is 78.1 cm³/mol. The third-order valence-electron chi connectivity index (χ3n) is 4.12. The summed E-state index contributed by atoms with van der Waals surface area (Å²) < 4.78 is 38.3. The first-order valence-electron chi connectivity index (χ1n) is 7.53. The fourth-order valence-electron chi connectivity index (χ4n) is 2.89. The fourth-order valence-corrected chi connectivity index (χ4v) is 2.89. The van der Waals surface area contributed by atoms with Crippen LogP contribution in [0, 0.1) is 5.92 Å². The minimum absolute atomic E-state index is 0.0483. The van der Waals surface area contributed by atoms with Crippen LogP contribution >= 0.6 is 0 Å². The summed E-state index contributed by atoms with van der Waals surface area (Å²) in [4.78, 5) is 12.1. The lowest BCUT2D eigenvalue weighted by molar-refractivity contribution is -0.184. The van der Waals surface area contributed by atoms with Crippen LogP contribution in [0.2, 0.25) is 0 Å². The Morgan fingerprint density at radius 3 is 2.59 bits per heavy atom. The molecule has 3 atom stereocenters. The number of nitrogens with one attached hydrogen (secondary N) is 1. The molecule has 0 bridgehead atoms. The summed E-state index contributed by atoms with van der Waals surface area (Å²) in [5.41, 5.74) is 6.78. The zero-order chi connectivity index (χ0) is 16.2. The number of carbonyl (C=O) groups excluding carboxylic acids is 1. The number of benzene rings is 1. The fraction of sp³-hybridized carbons (Fsp3) is 0.562. The summed E-state index contributed by atoms with van der Waals surface area (Å²) >= 11 is 0. The lowest BCUT2D eigenvalue weighted by atomic mass is 9.85. The minimum atomic E-state index is -4.18. The number of amides is 1. The molecule has 0 saturated heterocycles. The van der Waals surface area contributed by atoms with E-state index in [2.05, 4.69) is 5.32 Å². The maximum atomic E-state index is 12.8. The molecule has 22 heavy (non-hydrogen) atoms. The van der Waals surface area contributed by atoms with Gasteiger partial charge in [0.15, 0.2) is 0 Å². The maximum Gasteiger partial charge on any atom is 0.391 e. The van der Waals surface area contributed by atoms with Crippen LogP contribution in [-0.4, -0.2) is 24.2 Å². The summed E-state index contributed by atoms with van der Waals surface area (Å²) in [7, 11) is 0. The molecule has 0 spiro atoms. The van der Waals surface area contributed by atoms with E-state index in [1.165, 1.54) is 0 Å². The van der Waals surface area contributed by atoms with Crippen molar-refractivity contribution in [2.24, 2.45) is 11.7 Å². The Hall–Kier alpha value is -1.56. The zero-order valence-corrected chi connectivity index (χ0v) is 12.3. The Morgan fingerprint density at radius 1 is 1.27 bits per heavy atom. The minimum Gasteiger partial charge on any atom is -0.352 e. The highest BCUT2D eigenvalue weighted by molar-refractivity contribution is 5.82. The van der Waals surface area contributed by atoms with Crippen molar-refractivity contribution in [2.75, 3.05) is 0 Å². The first-order chi connectivity index (χ1) is 10.4. The SMILES string of the molecule is N[C@@H](Cc1ccccc1)C(=O)NC1CCCC(C(F)(F)F)C1. The Kier molecular flexibility index (Phi) is 5.45. The van der Waals surface area contributed by atoms with E-state index in [9.17, 15) is 18.0 Å². The number of hydrogen-bond acceptors (Lipinski definition) is 2. The molecule has 6 heteroatoms. The van der Waals surface area contributed by atoms with Gasteiger partial charge in [0, 0.05) is 6.04 Å². The van der Waals surface area contributed by atoms with Crippen LogP contribution in [0.15, 0.2) is 30.3 Å². The molecule has 0 aromatic heterocycles. The van der Waals surface area contributed by atoms with E-state index in [4.69, 9.17) is 5.73 Å². The van der Waals surface area contributed by atoms with Crippen LogP contribution in [0.25, 0.3) is 0 Å². The van der Waals surface area contributed by atoms with Crippen molar-refractivity contribution in [3.8, 4) is 0 Å². The summed E-state index contributed by atoms with van der Waals surface area (Å²) in [6, 6.07) is 8.14. The van der Waals surface area contributed by atoms with Crippen molar-refractivity contribution in [3.05, 3.63) is 35.9 Å². The van der Waals surface area contributed by atoms with Gasteiger partial charge in [0.25, 0.3) is 0 Å². The lowest BCUT2D eigenvalue weighted by Crippen LogP contribution is -2.48. The Balaban J connectivity index is 1.86. The monoisotopic (exact) mass is 314 g/mol. The second kappa shape index (κ2) is 7.13. The number of nitrogens with two attached hydrogens (primary N) is 1. The molecule has 1 aromatic rings. The van der Waals surface area contributed by atoms with Crippen molar-refractivity contribution < 1.29 is 18.0 Å². The van der Waals surface area contributed by atoms with Crippen LogP contribution in [0.1, 0.15) is 31.2 Å². The zero-order valence-electron chi connectivity index (χ0n) is 12.3. The number of carbonyl (C=O) groups is 1. The molecule has 2 rings (SSSR count). The largest absolute Gasteiger partial charge is 0.391 e. The molecule has 2 unspecified atom stereocenters. The van der Waals surface area contributed by atoms with Gasteiger partial charge in [-0.15, -0.1) is 0 Å². The van der Waals surface area contributed by atoms with Gasteiger partial charge in [-0.25, -0.2) is 0 Å². The van der Waals surface area contributed by atoms with Crippen molar-refractivity contribution in [2.45, 2.75) is 50.4 Å². The van der Waals surface area contributed by atoms with E-state index in [0.717, 1.165) is 5.56 Å². The summed E-state index contributed by atoms with van der Waals surface area (Å²) in [5.74, 6) is -1.70. The summed E-state index contributed by atoms with van der Waals surface area (Å²) in [6.07, 6.45) is -2.66. The van der Waals surface area contributed by atoms with E-state index >= 15 is 0 Å². The van der Waals surface area contributed by atoms with Gasteiger partial charge in [-0.2, -0.15) is 13.2 Å². The van der Waals surface area contributed by atoms with Crippen LogP contribution in [0.3, 0.4) is 0 Å². The van der Waals surface area contributed by atoms with E-state index < -0.39 is 24.2 Å². The van der Waals surface area contributed by atoms with Crippen LogP contribution in [0.4, 0.5) is 13.2 Å². The van der Waals surface area contributed by atoms with Gasteiger partial charge in [-0.3, -0.25) is 4.79 Å². The van der Waals surface area contributed by atoms with Gasteiger partial charge >= 0.3 is 6.18 Å². The first kappa shape index (κ1) is 16.8. The third kappa shape index (κ3) is 4.73. The van der Waals surface area contributed by atoms with Crippen molar-refractivity contribution in [1.82, 2.24) is 5.32 Å². The highest BCUT2D eigenvalue weighted by atomic mass is 19.4. The highest BCUT2D eigenvalue weighted by Crippen LogP contribution is 2.37. The normalized spacial score (nSPS) is 23.8. The Bertz CT molecular complexity index is 490. The summed E-state index contributed by atoms with van der Waals surface area (Å²) in [6.45, 7) is 0. The molecule has 1 saturated carbocycles. The average molecular weight is 314 g/mol. The number of alkyl halides is 3. The van der Waals surface area contributed by atoms with Crippen molar-refractivity contribution >= 4 is 5.91 Å². The number of halogens is 3. The number of hydrogen-bond donors (Lipinski definition) is 2. The molecular weight excluding hydrogens is 293 g/mol. The maximum absolute atomic E-state index is 12.8. The molecule has 0 radical (unpaired) electrons. The molecule has 0 aliphatic heterocycles. The molecule has 3 nitrogen and oxygen atoms in total. The molecule has 1 fully saturated rings. The van der Waals surface area contributed by atoms with Gasteiger partial charge in [0.2, 0.25) is 5.91 Å². The topological polar surface area (TPSA) is 55.1 Å². The van der Waals surface area contributed by atoms with E-state index in [0.29, 0.717) is 19.3 Å². The van der Waals surface area contributed by atoms with E-state index in [-0.39, 0.29) is 18.7 Å². The van der Waals surface area contributed by atoms with Gasteiger partial charge in [-0.1, -0.05) is 36.8 Å². The average Bonchev–Trinajstić information content (AvgIpc) is 2.47. The molecule has 0 heterocycles. The molecule has 1 aromatic carbocycles. The van der Waals surface area contributed by atoms with Gasteiger partial charge in [0.1, 0.15) is 0 Å². The number of rotatable bonds is 4. The molecule has 1 aliphatic carbocycles. The lowest BCUT2D eigenvalue weighted by Gasteiger charge is -2.31. The van der Waals surface area contributed by atoms with Crippen molar-refractivity contribution in [1.29, 1.82) is 0 Å². The second-order valence-electron chi connectivity index (χ2n) is 5.91. The standard InChI is InChI=1S/C16H21F3N2O/c17-16(18,19)12-7-4-8-13(10-12)21-15(22)14(20)9-11-5-2-1-3-6-11/h1-3,5-6,12-14H,4,7-10,20H2,(H,21,22)/t12?,13?,14-/m0/s1. The Labute approximate surface area is 128 Å². The molecule has 1 aliphatic rings. The van der Waals surface area contributed by atoms with Crippen LogP contribution < -0.4 is 11.1 Å². The van der Waals surface area contributed by atoms with Gasteiger partial charge in [-0.05, 0) is 31.2 Å². The van der Waals surface area contributed by atoms with Crippen LogP contribution in [-0.2, 0) is 11.2 Å². The van der Waals surface area contributed by atoms with Crippen molar-refractivity contribution in [3.63, 3.8) is 0 Å². The smallest absolute Gasteiger partial charge is 0.352 e. The summed E-state index contributed by atoms with van der Waals surface area (Å²) in [5, 5.41) is 2.68.